The first kappa shape index (κ1) is 22.7. The van der Waals surface area contributed by atoms with Gasteiger partial charge in [0, 0.05) is 41.7 Å². The van der Waals surface area contributed by atoms with Crippen LogP contribution in [0.4, 0.5) is 10.6 Å². The van der Waals surface area contributed by atoms with E-state index < -0.39 is 0 Å². The van der Waals surface area contributed by atoms with Gasteiger partial charge in [-0.3, -0.25) is 14.8 Å². The van der Waals surface area contributed by atoms with E-state index in [1.807, 2.05) is 24.3 Å². The second-order valence-corrected chi connectivity index (χ2v) is 9.81. The summed E-state index contributed by atoms with van der Waals surface area (Å²) in [6.07, 6.45) is 8.78. The number of carbonyl (C=O) groups excluding carboxylic acids is 1. The molecule has 9 heteroatoms. The van der Waals surface area contributed by atoms with Gasteiger partial charge in [-0.15, -0.1) is 0 Å². The molecule has 1 aliphatic carbocycles. The number of hydrogen-bond acceptors (Lipinski definition) is 7. The van der Waals surface area contributed by atoms with Crippen molar-refractivity contribution in [3.63, 3.8) is 0 Å². The van der Waals surface area contributed by atoms with Crippen molar-refractivity contribution in [3.8, 4) is 11.6 Å². The van der Waals surface area contributed by atoms with Crippen molar-refractivity contribution in [2.24, 2.45) is 0 Å². The largest absolute Gasteiger partial charge is 0.439 e. The molecule has 0 bridgehead atoms. The lowest BCUT2D eigenvalue weighted by Gasteiger charge is -2.34. The minimum atomic E-state index is -0.291. The van der Waals surface area contributed by atoms with Crippen LogP contribution >= 0.6 is 0 Å². The number of fused-ring (bicyclic) bond motifs is 2. The van der Waals surface area contributed by atoms with E-state index in [0.717, 1.165) is 60.3 Å². The van der Waals surface area contributed by atoms with E-state index in [4.69, 9.17) is 9.26 Å². The molecule has 4 heterocycles. The number of benzene rings is 1. The highest BCUT2D eigenvalue weighted by atomic mass is 16.5. The maximum atomic E-state index is 12.9. The van der Waals surface area contributed by atoms with Gasteiger partial charge in [0.15, 0.2) is 5.82 Å². The zero-order valence-corrected chi connectivity index (χ0v) is 20.6. The fourth-order valence-electron chi connectivity index (χ4n) is 4.84. The monoisotopic (exact) mass is 486 g/mol. The molecule has 1 aromatic carbocycles. The quantitative estimate of drug-likeness (QED) is 0.357. The third-order valence-electron chi connectivity index (χ3n) is 7.11. The molecule has 1 saturated carbocycles. The van der Waals surface area contributed by atoms with Crippen LogP contribution in [0.25, 0.3) is 10.9 Å². The molecule has 186 valence electrons. The van der Waals surface area contributed by atoms with Crippen molar-refractivity contribution in [1.29, 1.82) is 0 Å². The van der Waals surface area contributed by atoms with Crippen molar-refractivity contribution < 1.29 is 14.1 Å². The number of rotatable bonds is 7. The summed E-state index contributed by atoms with van der Waals surface area (Å²) < 4.78 is 13.1. The molecular weight excluding hydrogens is 456 g/mol. The van der Waals surface area contributed by atoms with E-state index in [1.54, 1.807) is 23.2 Å². The third kappa shape index (κ3) is 4.46. The molecule has 36 heavy (non-hydrogen) atoms. The molecule has 1 amide bonds. The Kier molecular flexibility index (Phi) is 5.92. The highest BCUT2D eigenvalue weighted by Gasteiger charge is 2.29. The number of unbranched alkanes of at least 4 members (excludes halogenated alkanes) is 1. The summed E-state index contributed by atoms with van der Waals surface area (Å²) in [6, 6.07) is 9.49. The van der Waals surface area contributed by atoms with Crippen molar-refractivity contribution in [1.82, 2.24) is 24.6 Å². The number of carbonyl (C=O) groups is 1. The highest BCUT2D eigenvalue weighted by Crippen LogP contribution is 2.40. The van der Waals surface area contributed by atoms with Crippen LogP contribution in [0.5, 0.6) is 11.6 Å². The Hall–Kier alpha value is -3.72. The first-order chi connectivity index (χ1) is 17.6. The van der Waals surface area contributed by atoms with Crippen LogP contribution in [0.15, 0.2) is 47.4 Å². The molecular formula is C27H30N6O3. The van der Waals surface area contributed by atoms with Gasteiger partial charge in [-0.05, 0) is 63.4 Å². The Morgan fingerprint density at radius 2 is 2.11 bits per heavy atom. The van der Waals surface area contributed by atoms with Gasteiger partial charge in [-0.25, -0.2) is 14.8 Å². The summed E-state index contributed by atoms with van der Waals surface area (Å²) in [7, 11) is 0. The molecule has 1 aliphatic heterocycles. The minimum absolute atomic E-state index is 0.291. The number of nitrogens with one attached hydrogen (secondary N) is 1. The number of ether oxygens (including phenoxy) is 1. The average Bonchev–Trinajstić information content (AvgIpc) is 3.48. The fourth-order valence-corrected chi connectivity index (χ4v) is 4.84. The maximum absolute atomic E-state index is 12.9. The molecule has 0 saturated heterocycles. The minimum Gasteiger partial charge on any atom is -0.439 e. The molecule has 1 fully saturated rings. The van der Waals surface area contributed by atoms with Crippen LogP contribution < -0.4 is 10.1 Å². The number of nitrogens with zero attached hydrogens (tertiary/aromatic N) is 5. The SMILES string of the molecule is CCCCN1Cc2ncnc(Oc3ccc4c(ccn4C(=O)Nc4cc(C5CC5)on4)c3)c2CC1C. The summed E-state index contributed by atoms with van der Waals surface area (Å²) >= 11 is 0. The van der Waals surface area contributed by atoms with E-state index in [1.165, 1.54) is 12.8 Å². The van der Waals surface area contributed by atoms with Gasteiger partial charge in [0.25, 0.3) is 0 Å². The van der Waals surface area contributed by atoms with Gasteiger partial charge >= 0.3 is 6.03 Å². The van der Waals surface area contributed by atoms with Crippen molar-refractivity contribution in [2.45, 2.75) is 64.5 Å². The zero-order valence-electron chi connectivity index (χ0n) is 20.6. The van der Waals surface area contributed by atoms with Gasteiger partial charge in [0.1, 0.15) is 17.8 Å². The molecule has 3 aromatic heterocycles. The van der Waals surface area contributed by atoms with Gasteiger partial charge in [-0.2, -0.15) is 0 Å². The smallest absolute Gasteiger partial charge is 0.331 e. The molecule has 0 spiro atoms. The maximum Gasteiger partial charge on any atom is 0.331 e. The summed E-state index contributed by atoms with van der Waals surface area (Å²) in [6.45, 7) is 6.37. The van der Waals surface area contributed by atoms with Crippen LogP contribution in [-0.4, -0.2) is 43.2 Å². The Labute approximate surface area is 209 Å². The molecule has 9 nitrogen and oxygen atoms in total. The average molecular weight is 487 g/mol. The van der Waals surface area contributed by atoms with E-state index in [0.29, 0.717) is 29.4 Å². The Morgan fingerprint density at radius 3 is 2.94 bits per heavy atom. The van der Waals surface area contributed by atoms with Crippen LogP contribution in [-0.2, 0) is 13.0 Å². The molecule has 2 aliphatic rings. The van der Waals surface area contributed by atoms with Crippen molar-refractivity contribution in [3.05, 3.63) is 59.9 Å². The summed E-state index contributed by atoms with van der Waals surface area (Å²) in [5.41, 5.74) is 2.89. The molecule has 1 atom stereocenters. The molecule has 1 unspecified atom stereocenters. The molecule has 1 N–H and O–H groups in total. The number of hydrogen-bond donors (Lipinski definition) is 1. The van der Waals surface area contributed by atoms with Gasteiger partial charge in [0.05, 0.1) is 11.2 Å². The van der Waals surface area contributed by atoms with E-state index in [-0.39, 0.29) is 6.03 Å². The molecule has 0 radical (unpaired) electrons. The predicted octanol–water partition coefficient (Wildman–Crippen LogP) is 5.72. The van der Waals surface area contributed by atoms with Crippen LogP contribution in [0.2, 0.25) is 0 Å². The van der Waals surface area contributed by atoms with Crippen molar-refractivity contribution in [2.75, 3.05) is 11.9 Å². The van der Waals surface area contributed by atoms with Gasteiger partial charge < -0.3 is 9.26 Å². The number of anilines is 1. The highest BCUT2D eigenvalue weighted by molar-refractivity contribution is 5.98. The van der Waals surface area contributed by atoms with Crippen molar-refractivity contribution >= 4 is 22.8 Å². The topological polar surface area (TPSA) is 98.3 Å². The first-order valence-electron chi connectivity index (χ1n) is 12.7. The lowest BCUT2D eigenvalue weighted by Crippen LogP contribution is -2.39. The normalized spacial score (nSPS) is 17.8. The van der Waals surface area contributed by atoms with Crippen LogP contribution in [0, 0.1) is 0 Å². The lowest BCUT2D eigenvalue weighted by molar-refractivity contribution is 0.176. The zero-order chi connectivity index (χ0) is 24.6. The summed E-state index contributed by atoms with van der Waals surface area (Å²) in [4.78, 5) is 24.3. The number of aromatic nitrogens is 4. The first-order valence-corrected chi connectivity index (χ1v) is 12.7. The third-order valence-corrected chi connectivity index (χ3v) is 7.11. The number of amides is 1. The second-order valence-electron chi connectivity index (χ2n) is 9.81. The van der Waals surface area contributed by atoms with E-state index in [9.17, 15) is 4.79 Å². The Balaban J connectivity index is 1.19. The Bertz CT molecular complexity index is 1410. The predicted molar refractivity (Wildman–Crippen MR) is 135 cm³/mol. The summed E-state index contributed by atoms with van der Waals surface area (Å²) in [5, 5.41) is 7.68. The lowest BCUT2D eigenvalue weighted by atomic mass is 9.99. The standard InChI is InChI=1S/C27H30N6O3/c1-3-4-10-32-15-22-21(12-17(32)2)26(29-16-28-22)35-20-7-8-23-19(13-20)9-11-33(23)27(34)30-25-14-24(36-31-25)18-5-6-18/h7-9,11,13-14,16-18H,3-6,10,12,15H2,1-2H3,(H,30,31,34). The molecule has 4 aromatic rings. The molecule has 6 rings (SSSR count). The second kappa shape index (κ2) is 9.39. The van der Waals surface area contributed by atoms with Crippen LogP contribution in [0.3, 0.4) is 0 Å². The van der Waals surface area contributed by atoms with E-state index in [2.05, 4.69) is 39.2 Å². The van der Waals surface area contributed by atoms with E-state index >= 15 is 0 Å². The fraction of sp³-hybridized carbons (Fsp3) is 0.407. The van der Waals surface area contributed by atoms with Gasteiger partial charge in [0.2, 0.25) is 5.88 Å². The van der Waals surface area contributed by atoms with Gasteiger partial charge in [-0.1, -0.05) is 18.5 Å². The van der Waals surface area contributed by atoms with Crippen LogP contribution in [0.1, 0.15) is 62.5 Å². The Morgan fingerprint density at radius 1 is 1.22 bits per heavy atom. The summed E-state index contributed by atoms with van der Waals surface area (Å²) in [5.74, 6) is 2.99.